The smallest absolute Gasteiger partial charge is 0.297 e. The third kappa shape index (κ3) is 9.31. The van der Waals surface area contributed by atoms with Crippen molar-refractivity contribution in [3.63, 3.8) is 0 Å². The van der Waals surface area contributed by atoms with Crippen molar-refractivity contribution in [3.8, 4) is 11.5 Å². The molecule has 2 aromatic carbocycles. The van der Waals surface area contributed by atoms with Gasteiger partial charge in [0.25, 0.3) is 5.56 Å². The summed E-state index contributed by atoms with van der Waals surface area (Å²) in [6, 6.07) is 15.2. The number of nitrogens with zero attached hydrogens (tertiary/aromatic N) is 1. The van der Waals surface area contributed by atoms with E-state index in [1.807, 2.05) is 48.5 Å². The number of unbranched alkanes of at least 4 members (excludes halogenated alkanes) is 8. The number of hydrogen-bond donors (Lipinski definition) is 1. The predicted molar refractivity (Wildman–Crippen MR) is 162 cm³/mol. The largest absolute Gasteiger partial charge is 0.489 e. The van der Waals surface area contributed by atoms with Crippen LogP contribution >= 0.6 is 0 Å². The first-order valence-corrected chi connectivity index (χ1v) is 14.5. The average Bonchev–Trinajstić information content (AvgIpc) is 2.95. The topological polar surface area (TPSA) is 69.6 Å². The molecule has 0 aliphatic carbocycles. The van der Waals surface area contributed by atoms with Crippen molar-refractivity contribution in [1.29, 1.82) is 0 Å². The van der Waals surface area contributed by atoms with Crippen LogP contribution in [0, 0.1) is 0 Å². The Labute approximate surface area is 233 Å². The molecule has 6 nitrogen and oxygen atoms in total. The van der Waals surface area contributed by atoms with Gasteiger partial charge in [-0.25, -0.2) is 0 Å². The molecule has 0 unspecified atom stereocenters. The number of aromatic nitrogens is 1. The first kappa shape index (κ1) is 30.0. The maximum absolute atomic E-state index is 13.4. The van der Waals surface area contributed by atoms with Gasteiger partial charge in [-0.1, -0.05) is 95.5 Å². The molecule has 1 heterocycles. The predicted octanol–water partition coefficient (Wildman–Crippen LogP) is 7.89. The normalized spacial score (nSPS) is 11.3. The Bertz CT molecular complexity index is 1260. The molecule has 1 aromatic heterocycles. The maximum atomic E-state index is 13.4. The van der Waals surface area contributed by atoms with Gasteiger partial charge in [0, 0.05) is 24.2 Å². The molecule has 0 spiro atoms. The maximum Gasteiger partial charge on any atom is 0.297 e. The molecular formula is C33H44N2O4. The molecule has 0 saturated heterocycles. The van der Waals surface area contributed by atoms with Crippen LogP contribution in [0.1, 0.15) is 83.6 Å². The zero-order valence-corrected chi connectivity index (χ0v) is 23.8. The number of carbonyl (C=O) groups is 1. The van der Waals surface area contributed by atoms with E-state index in [2.05, 4.69) is 19.2 Å². The molecule has 210 valence electrons. The summed E-state index contributed by atoms with van der Waals surface area (Å²) in [4.78, 5) is 25.9. The Hall–Kier alpha value is -3.54. The number of ether oxygens (including phenoxy) is 2. The van der Waals surface area contributed by atoms with Crippen molar-refractivity contribution in [2.45, 2.75) is 78.1 Å². The number of nitrogens with one attached hydrogen (secondary N) is 1. The molecule has 0 saturated carbocycles. The summed E-state index contributed by atoms with van der Waals surface area (Å²) >= 11 is 0. The Balaban J connectivity index is 1.80. The first-order chi connectivity index (χ1) is 19.0. The second kappa shape index (κ2) is 16.4. The number of benzene rings is 2. The van der Waals surface area contributed by atoms with Crippen LogP contribution in [-0.2, 0) is 11.8 Å². The van der Waals surface area contributed by atoms with Crippen LogP contribution < -0.4 is 20.3 Å². The van der Waals surface area contributed by atoms with Crippen LogP contribution in [0.2, 0.25) is 0 Å². The summed E-state index contributed by atoms with van der Waals surface area (Å²) in [5, 5.41) is 3.70. The lowest BCUT2D eigenvalue weighted by Crippen LogP contribution is -2.22. The van der Waals surface area contributed by atoms with E-state index in [9.17, 15) is 9.59 Å². The van der Waals surface area contributed by atoms with Crippen LogP contribution in [0.4, 0.5) is 5.69 Å². The molecule has 0 aliphatic rings. The molecule has 6 heteroatoms. The summed E-state index contributed by atoms with van der Waals surface area (Å²) < 4.78 is 13.9. The van der Waals surface area contributed by atoms with Gasteiger partial charge in [0.1, 0.15) is 0 Å². The molecule has 39 heavy (non-hydrogen) atoms. The highest BCUT2D eigenvalue weighted by atomic mass is 16.5. The minimum atomic E-state index is -0.241. The minimum absolute atomic E-state index is 0.232. The summed E-state index contributed by atoms with van der Waals surface area (Å²) in [6.07, 6.45) is 14.5. The summed E-state index contributed by atoms with van der Waals surface area (Å²) in [5.74, 6) is 0.531. The van der Waals surface area contributed by atoms with Gasteiger partial charge in [0.05, 0.1) is 18.7 Å². The van der Waals surface area contributed by atoms with Crippen molar-refractivity contribution in [2.24, 2.45) is 7.05 Å². The van der Waals surface area contributed by atoms with E-state index >= 15 is 0 Å². The van der Waals surface area contributed by atoms with Crippen LogP contribution in [0.5, 0.6) is 11.5 Å². The molecule has 3 aromatic rings. The Morgan fingerprint density at radius 3 is 2.13 bits per heavy atom. The lowest BCUT2D eigenvalue weighted by molar-refractivity contribution is -0.111. The molecule has 0 bridgehead atoms. The van der Waals surface area contributed by atoms with Crippen LogP contribution in [0.3, 0.4) is 0 Å². The van der Waals surface area contributed by atoms with Gasteiger partial charge in [-0.15, -0.1) is 0 Å². The lowest BCUT2D eigenvalue weighted by Gasteiger charge is -2.18. The van der Waals surface area contributed by atoms with Crippen LogP contribution in [0.25, 0.3) is 17.0 Å². The zero-order chi connectivity index (χ0) is 27.9. The molecule has 0 radical (unpaired) electrons. The number of rotatable bonds is 17. The average molecular weight is 533 g/mol. The van der Waals surface area contributed by atoms with Gasteiger partial charge in [0.2, 0.25) is 11.7 Å². The summed E-state index contributed by atoms with van der Waals surface area (Å²) in [7, 11) is 1.73. The lowest BCUT2D eigenvalue weighted by atomic mass is 10.1. The van der Waals surface area contributed by atoms with Gasteiger partial charge in [-0.3, -0.25) is 9.59 Å². The van der Waals surface area contributed by atoms with E-state index in [0.29, 0.717) is 30.2 Å². The molecule has 1 N–H and O–H groups in total. The monoisotopic (exact) mass is 532 g/mol. The Morgan fingerprint density at radius 1 is 0.821 bits per heavy atom. The summed E-state index contributed by atoms with van der Waals surface area (Å²) in [6.45, 7) is 5.40. The fraction of sp³-hybridized carbons (Fsp3) is 0.455. The fourth-order valence-corrected chi connectivity index (χ4v) is 4.51. The van der Waals surface area contributed by atoms with Gasteiger partial charge >= 0.3 is 0 Å². The van der Waals surface area contributed by atoms with E-state index in [1.54, 1.807) is 17.7 Å². The SMILES string of the molecule is CCCCCCCCOc1c(OCCCCCC)c2ccc(NC(=O)C=Cc3ccccc3)cc2n(C)c1=O. The number of hydrogen-bond acceptors (Lipinski definition) is 4. The van der Waals surface area contributed by atoms with Gasteiger partial charge in [-0.05, 0) is 42.7 Å². The third-order valence-corrected chi connectivity index (χ3v) is 6.79. The zero-order valence-electron chi connectivity index (χ0n) is 23.8. The highest BCUT2D eigenvalue weighted by molar-refractivity contribution is 6.03. The number of pyridine rings is 1. The van der Waals surface area contributed by atoms with Crippen molar-refractivity contribution in [2.75, 3.05) is 18.5 Å². The highest BCUT2D eigenvalue weighted by Gasteiger charge is 2.19. The van der Waals surface area contributed by atoms with Crippen molar-refractivity contribution < 1.29 is 14.3 Å². The second-order valence-electron chi connectivity index (χ2n) is 10.0. The van der Waals surface area contributed by atoms with E-state index in [0.717, 1.165) is 49.5 Å². The molecule has 3 rings (SSSR count). The van der Waals surface area contributed by atoms with Crippen LogP contribution in [-0.4, -0.2) is 23.7 Å². The molecule has 0 atom stereocenters. The van der Waals surface area contributed by atoms with Crippen molar-refractivity contribution in [1.82, 2.24) is 4.57 Å². The van der Waals surface area contributed by atoms with E-state index in [1.165, 1.54) is 31.8 Å². The van der Waals surface area contributed by atoms with Gasteiger partial charge < -0.3 is 19.4 Å². The number of anilines is 1. The standard InChI is InChI=1S/C33H44N2O4/c1-4-6-8-10-11-16-24-39-32-31(38-23-15-9-7-5-2)28-21-20-27(25-29(28)35(3)33(32)37)34-30(36)22-19-26-17-13-12-14-18-26/h12-14,17-22,25H,4-11,15-16,23-24H2,1-3H3,(H,34,36). The number of amides is 1. The molecule has 0 fully saturated rings. The highest BCUT2D eigenvalue weighted by Crippen LogP contribution is 2.34. The number of fused-ring (bicyclic) bond motifs is 1. The quantitative estimate of drug-likeness (QED) is 0.142. The van der Waals surface area contributed by atoms with Crippen molar-refractivity contribution >= 4 is 28.6 Å². The van der Waals surface area contributed by atoms with Gasteiger partial charge in [-0.2, -0.15) is 0 Å². The molecule has 0 aliphatic heterocycles. The number of carbonyl (C=O) groups excluding carboxylic acids is 1. The van der Waals surface area contributed by atoms with Crippen molar-refractivity contribution in [3.05, 3.63) is 70.5 Å². The molecular weight excluding hydrogens is 488 g/mol. The Kier molecular flexibility index (Phi) is 12.6. The van der Waals surface area contributed by atoms with E-state index < -0.39 is 0 Å². The third-order valence-electron chi connectivity index (χ3n) is 6.79. The first-order valence-electron chi connectivity index (χ1n) is 14.5. The van der Waals surface area contributed by atoms with E-state index in [-0.39, 0.29) is 17.2 Å². The second-order valence-corrected chi connectivity index (χ2v) is 10.0. The minimum Gasteiger partial charge on any atom is -0.489 e. The molecule has 1 amide bonds. The Morgan fingerprint density at radius 2 is 1.44 bits per heavy atom. The van der Waals surface area contributed by atoms with E-state index in [4.69, 9.17) is 9.47 Å². The summed E-state index contributed by atoms with van der Waals surface area (Å²) in [5.41, 5.74) is 2.00. The number of aryl methyl sites for hydroxylation is 1. The van der Waals surface area contributed by atoms with Gasteiger partial charge in [0.15, 0.2) is 5.75 Å². The van der Waals surface area contributed by atoms with Crippen LogP contribution in [0.15, 0.2) is 59.4 Å². The fourth-order valence-electron chi connectivity index (χ4n) is 4.51.